The van der Waals surface area contributed by atoms with Crippen LogP contribution in [0.3, 0.4) is 0 Å². The fourth-order valence-electron chi connectivity index (χ4n) is 1.87. The molecule has 100 valence electrons. The molecule has 0 saturated heterocycles. The Morgan fingerprint density at radius 1 is 1.50 bits per heavy atom. The average Bonchev–Trinajstić information content (AvgIpc) is 2.32. The Labute approximate surface area is 107 Å². The summed E-state index contributed by atoms with van der Waals surface area (Å²) in [6, 6.07) is 5.38. The maximum Gasteiger partial charge on any atom is 0.250 e. The maximum atomic E-state index is 11.2. The largest absolute Gasteiger partial charge is 0.396 e. The number of anilines is 2. The number of benzene rings is 1. The summed E-state index contributed by atoms with van der Waals surface area (Å²) in [7, 11) is 1.66. The first-order chi connectivity index (χ1) is 8.60. The molecule has 18 heavy (non-hydrogen) atoms. The van der Waals surface area contributed by atoms with Gasteiger partial charge in [-0.3, -0.25) is 4.79 Å². The molecule has 0 saturated carbocycles. The molecule has 0 bridgehead atoms. The number of primary amides is 1. The third-order valence-electron chi connectivity index (χ3n) is 2.74. The SMILES string of the molecule is CCCC(COC)Nc1cccc(C(N)=O)c1N. The second-order valence-electron chi connectivity index (χ2n) is 4.22. The highest BCUT2D eigenvalue weighted by Gasteiger charge is 2.13. The van der Waals surface area contributed by atoms with Gasteiger partial charge < -0.3 is 21.5 Å². The van der Waals surface area contributed by atoms with Gasteiger partial charge in [0.25, 0.3) is 5.91 Å². The van der Waals surface area contributed by atoms with Crippen molar-refractivity contribution in [3.8, 4) is 0 Å². The molecule has 1 aromatic carbocycles. The van der Waals surface area contributed by atoms with E-state index in [-0.39, 0.29) is 6.04 Å². The van der Waals surface area contributed by atoms with E-state index in [1.807, 2.05) is 6.07 Å². The minimum absolute atomic E-state index is 0.172. The smallest absolute Gasteiger partial charge is 0.250 e. The molecule has 1 unspecified atom stereocenters. The Morgan fingerprint density at radius 3 is 2.78 bits per heavy atom. The van der Waals surface area contributed by atoms with E-state index in [1.54, 1.807) is 19.2 Å². The van der Waals surface area contributed by atoms with E-state index in [2.05, 4.69) is 12.2 Å². The predicted molar refractivity (Wildman–Crippen MR) is 73.6 cm³/mol. The summed E-state index contributed by atoms with van der Waals surface area (Å²) >= 11 is 0. The van der Waals surface area contributed by atoms with Crippen LogP contribution < -0.4 is 16.8 Å². The van der Waals surface area contributed by atoms with Gasteiger partial charge >= 0.3 is 0 Å². The lowest BCUT2D eigenvalue weighted by molar-refractivity contribution is 0.100. The average molecular weight is 251 g/mol. The molecule has 1 atom stereocenters. The van der Waals surface area contributed by atoms with Crippen LogP contribution in [-0.4, -0.2) is 25.7 Å². The number of nitrogen functional groups attached to an aromatic ring is 1. The number of nitrogens with one attached hydrogen (secondary N) is 1. The topological polar surface area (TPSA) is 90.4 Å². The quantitative estimate of drug-likeness (QED) is 0.642. The number of rotatable bonds is 7. The van der Waals surface area contributed by atoms with Gasteiger partial charge in [0.15, 0.2) is 0 Å². The summed E-state index contributed by atoms with van der Waals surface area (Å²) in [5.41, 5.74) is 12.6. The number of ether oxygens (including phenoxy) is 1. The lowest BCUT2D eigenvalue weighted by Crippen LogP contribution is -2.25. The Morgan fingerprint density at radius 2 is 2.22 bits per heavy atom. The van der Waals surface area contributed by atoms with Gasteiger partial charge in [-0.25, -0.2) is 0 Å². The molecule has 5 N–H and O–H groups in total. The number of carbonyl (C=O) groups is 1. The van der Waals surface area contributed by atoms with Crippen LogP contribution in [0.2, 0.25) is 0 Å². The van der Waals surface area contributed by atoms with Crippen LogP contribution in [0.1, 0.15) is 30.1 Å². The van der Waals surface area contributed by atoms with Gasteiger partial charge in [0.05, 0.1) is 23.5 Å². The summed E-state index contributed by atoms with van der Waals surface area (Å²) in [5, 5.41) is 3.29. The second kappa shape index (κ2) is 6.86. The van der Waals surface area contributed by atoms with E-state index in [0.717, 1.165) is 18.5 Å². The van der Waals surface area contributed by atoms with Gasteiger partial charge in [-0.05, 0) is 18.6 Å². The zero-order chi connectivity index (χ0) is 13.5. The molecule has 0 spiro atoms. The molecule has 5 nitrogen and oxygen atoms in total. The second-order valence-corrected chi connectivity index (χ2v) is 4.22. The number of methoxy groups -OCH3 is 1. The number of hydrogen-bond acceptors (Lipinski definition) is 4. The summed E-state index contributed by atoms with van der Waals surface area (Å²) < 4.78 is 5.15. The molecular formula is C13H21N3O2. The lowest BCUT2D eigenvalue weighted by Gasteiger charge is -2.20. The van der Waals surface area contributed by atoms with E-state index in [1.165, 1.54) is 0 Å². The highest BCUT2D eigenvalue weighted by molar-refractivity contribution is 6.00. The van der Waals surface area contributed by atoms with Gasteiger partial charge in [0.1, 0.15) is 0 Å². The molecule has 1 aromatic rings. The minimum atomic E-state index is -0.519. The van der Waals surface area contributed by atoms with Gasteiger partial charge in [-0.2, -0.15) is 0 Å². The van der Waals surface area contributed by atoms with Gasteiger partial charge in [-0.1, -0.05) is 19.4 Å². The third kappa shape index (κ3) is 3.63. The van der Waals surface area contributed by atoms with Crippen molar-refractivity contribution >= 4 is 17.3 Å². The summed E-state index contributed by atoms with van der Waals surface area (Å²) in [6.07, 6.45) is 2.00. The van der Waals surface area contributed by atoms with E-state index in [0.29, 0.717) is 17.9 Å². The highest BCUT2D eigenvalue weighted by atomic mass is 16.5. The van der Waals surface area contributed by atoms with Crippen molar-refractivity contribution in [2.45, 2.75) is 25.8 Å². The molecule has 0 radical (unpaired) electrons. The van der Waals surface area contributed by atoms with Crippen LogP contribution in [0.15, 0.2) is 18.2 Å². The van der Waals surface area contributed by atoms with Gasteiger partial charge in [0, 0.05) is 13.2 Å². The Balaban J connectivity index is 2.88. The number of carbonyl (C=O) groups excluding carboxylic acids is 1. The summed E-state index contributed by atoms with van der Waals surface area (Å²) in [4.78, 5) is 11.2. The van der Waals surface area contributed by atoms with Crippen LogP contribution in [0, 0.1) is 0 Å². The standard InChI is InChI=1S/C13H21N3O2/c1-3-5-9(8-18-2)16-11-7-4-6-10(12(11)14)13(15)17/h4,6-7,9,16H,3,5,8,14H2,1-2H3,(H2,15,17). The number of nitrogens with two attached hydrogens (primary N) is 2. The first-order valence-electron chi connectivity index (χ1n) is 6.03. The summed E-state index contributed by atoms with van der Waals surface area (Å²) in [5.74, 6) is -0.519. The van der Waals surface area contributed by atoms with Crippen LogP contribution >= 0.6 is 0 Å². The molecule has 0 heterocycles. The fourth-order valence-corrected chi connectivity index (χ4v) is 1.87. The van der Waals surface area contributed by atoms with E-state index >= 15 is 0 Å². The van der Waals surface area contributed by atoms with Crippen molar-refractivity contribution in [3.05, 3.63) is 23.8 Å². The van der Waals surface area contributed by atoms with Crippen molar-refractivity contribution in [2.75, 3.05) is 24.8 Å². The number of hydrogen-bond donors (Lipinski definition) is 3. The molecular weight excluding hydrogens is 230 g/mol. The zero-order valence-corrected chi connectivity index (χ0v) is 10.9. The monoisotopic (exact) mass is 251 g/mol. The van der Waals surface area contributed by atoms with Crippen molar-refractivity contribution < 1.29 is 9.53 Å². The predicted octanol–water partition coefficient (Wildman–Crippen LogP) is 1.59. The number of para-hydroxylation sites is 1. The van der Waals surface area contributed by atoms with Crippen molar-refractivity contribution in [3.63, 3.8) is 0 Å². The van der Waals surface area contributed by atoms with Crippen LogP contribution in [0.4, 0.5) is 11.4 Å². The zero-order valence-electron chi connectivity index (χ0n) is 10.9. The van der Waals surface area contributed by atoms with Crippen LogP contribution in [-0.2, 0) is 4.74 Å². The lowest BCUT2D eigenvalue weighted by atomic mass is 10.1. The molecule has 0 aliphatic rings. The maximum absolute atomic E-state index is 11.2. The van der Waals surface area contributed by atoms with Crippen LogP contribution in [0.25, 0.3) is 0 Å². The molecule has 0 aliphatic heterocycles. The van der Waals surface area contributed by atoms with Crippen molar-refractivity contribution in [1.29, 1.82) is 0 Å². The Hall–Kier alpha value is -1.75. The first kappa shape index (κ1) is 14.3. The molecule has 0 aromatic heterocycles. The van der Waals surface area contributed by atoms with Crippen LogP contribution in [0.5, 0.6) is 0 Å². The van der Waals surface area contributed by atoms with Gasteiger partial charge in [-0.15, -0.1) is 0 Å². The summed E-state index contributed by atoms with van der Waals surface area (Å²) in [6.45, 7) is 2.70. The van der Waals surface area contributed by atoms with Gasteiger partial charge in [0.2, 0.25) is 0 Å². The number of amides is 1. The Kier molecular flexibility index (Phi) is 5.45. The molecule has 0 aliphatic carbocycles. The van der Waals surface area contributed by atoms with Crippen molar-refractivity contribution in [1.82, 2.24) is 0 Å². The third-order valence-corrected chi connectivity index (χ3v) is 2.74. The van der Waals surface area contributed by atoms with E-state index in [9.17, 15) is 4.79 Å². The van der Waals surface area contributed by atoms with Crippen molar-refractivity contribution in [2.24, 2.45) is 5.73 Å². The minimum Gasteiger partial charge on any atom is -0.396 e. The van der Waals surface area contributed by atoms with E-state index in [4.69, 9.17) is 16.2 Å². The fraction of sp³-hybridized carbons (Fsp3) is 0.462. The highest BCUT2D eigenvalue weighted by Crippen LogP contribution is 2.23. The first-order valence-corrected chi connectivity index (χ1v) is 6.03. The van der Waals surface area contributed by atoms with E-state index < -0.39 is 5.91 Å². The normalized spacial score (nSPS) is 12.1. The molecule has 1 rings (SSSR count). The molecule has 5 heteroatoms. The molecule has 0 fully saturated rings. The molecule has 1 amide bonds. The Bertz CT molecular complexity index is 401.